The third-order valence-electron chi connectivity index (χ3n) is 3.63. The van der Waals surface area contributed by atoms with E-state index in [0.29, 0.717) is 17.9 Å². The van der Waals surface area contributed by atoms with Gasteiger partial charge in [0.15, 0.2) is 11.5 Å². The van der Waals surface area contributed by atoms with Crippen LogP contribution in [0.15, 0.2) is 6.33 Å². The van der Waals surface area contributed by atoms with Crippen molar-refractivity contribution in [1.82, 2.24) is 19.9 Å². The van der Waals surface area contributed by atoms with Crippen molar-refractivity contribution in [2.45, 2.75) is 25.0 Å². The Labute approximate surface area is 103 Å². The molecule has 2 aromatic rings. The van der Waals surface area contributed by atoms with Gasteiger partial charge < -0.3 is 20.4 Å². The third-order valence-corrected chi connectivity index (χ3v) is 3.63. The molecule has 2 aliphatic rings. The van der Waals surface area contributed by atoms with Crippen molar-refractivity contribution < 1.29 is 4.74 Å². The van der Waals surface area contributed by atoms with Crippen LogP contribution >= 0.6 is 0 Å². The van der Waals surface area contributed by atoms with Gasteiger partial charge >= 0.3 is 0 Å². The van der Waals surface area contributed by atoms with Gasteiger partial charge in [-0.25, -0.2) is 4.98 Å². The van der Waals surface area contributed by atoms with Crippen LogP contribution in [0.1, 0.15) is 12.8 Å². The third kappa shape index (κ3) is 1.43. The molecule has 94 valence electrons. The van der Waals surface area contributed by atoms with Gasteiger partial charge in [-0.2, -0.15) is 9.97 Å². The second-order valence-electron chi connectivity index (χ2n) is 4.87. The van der Waals surface area contributed by atoms with E-state index in [4.69, 9.17) is 10.5 Å². The van der Waals surface area contributed by atoms with Crippen molar-refractivity contribution in [2.75, 3.05) is 23.7 Å². The SMILES string of the molecule is Nc1nc(N2CC3CCC(C2)O3)c2[nH]cnc2n1. The molecule has 2 fully saturated rings. The number of morpholine rings is 1. The van der Waals surface area contributed by atoms with Crippen LogP contribution in [-0.2, 0) is 4.74 Å². The molecule has 4 heterocycles. The van der Waals surface area contributed by atoms with E-state index in [1.807, 2.05) is 0 Å². The van der Waals surface area contributed by atoms with E-state index in [2.05, 4.69) is 24.8 Å². The minimum atomic E-state index is 0.267. The number of nitrogens with two attached hydrogens (primary N) is 1. The molecule has 7 heteroatoms. The number of nitrogens with one attached hydrogen (secondary N) is 1. The molecular weight excluding hydrogens is 232 g/mol. The van der Waals surface area contributed by atoms with E-state index in [1.54, 1.807) is 6.33 Å². The highest BCUT2D eigenvalue weighted by Crippen LogP contribution is 2.31. The fourth-order valence-corrected chi connectivity index (χ4v) is 2.85. The Kier molecular flexibility index (Phi) is 1.99. The van der Waals surface area contributed by atoms with Crippen LogP contribution in [0.4, 0.5) is 11.8 Å². The summed E-state index contributed by atoms with van der Waals surface area (Å²) in [4.78, 5) is 17.9. The van der Waals surface area contributed by atoms with Crippen molar-refractivity contribution in [1.29, 1.82) is 0 Å². The standard InChI is InChI=1S/C11H14N6O/c12-11-15-9-8(13-5-14-9)10(16-11)17-3-6-1-2-7(4-17)18-6/h5-7H,1-4H2,(H3,12,13,14,15,16). The largest absolute Gasteiger partial charge is 0.371 e. The predicted octanol–water partition coefficient (Wildman–Crippen LogP) is 0.303. The summed E-state index contributed by atoms with van der Waals surface area (Å²) in [5, 5.41) is 0. The zero-order chi connectivity index (χ0) is 12.1. The van der Waals surface area contributed by atoms with Crippen molar-refractivity contribution in [2.24, 2.45) is 0 Å². The Hall–Kier alpha value is -1.89. The average molecular weight is 246 g/mol. The number of imidazole rings is 1. The molecule has 0 radical (unpaired) electrons. The van der Waals surface area contributed by atoms with Crippen LogP contribution in [0.5, 0.6) is 0 Å². The van der Waals surface area contributed by atoms with Crippen LogP contribution in [0.25, 0.3) is 11.2 Å². The summed E-state index contributed by atoms with van der Waals surface area (Å²) in [6.07, 6.45) is 4.52. The molecule has 2 atom stereocenters. The molecule has 0 amide bonds. The highest BCUT2D eigenvalue weighted by atomic mass is 16.5. The number of rotatable bonds is 1. The van der Waals surface area contributed by atoms with E-state index in [0.717, 1.165) is 37.3 Å². The number of aromatic amines is 1. The van der Waals surface area contributed by atoms with Gasteiger partial charge in [-0.15, -0.1) is 0 Å². The molecule has 3 N–H and O–H groups in total. The molecule has 0 spiro atoms. The number of hydrogen-bond acceptors (Lipinski definition) is 6. The lowest BCUT2D eigenvalue weighted by Gasteiger charge is -2.33. The fourth-order valence-electron chi connectivity index (χ4n) is 2.85. The molecule has 2 aromatic heterocycles. The number of nitrogens with zero attached hydrogens (tertiary/aromatic N) is 4. The molecule has 2 unspecified atom stereocenters. The quantitative estimate of drug-likeness (QED) is 0.752. The van der Waals surface area contributed by atoms with Crippen LogP contribution < -0.4 is 10.6 Å². The van der Waals surface area contributed by atoms with E-state index in [1.165, 1.54) is 0 Å². The van der Waals surface area contributed by atoms with Crippen molar-refractivity contribution >= 4 is 22.9 Å². The molecule has 0 aliphatic carbocycles. The zero-order valence-corrected chi connectivity index (χ0v) is 9.83. The lowest BCUT2D eigenvalue weighted by atomic mass is 10.2. The van der Waals surface area contributed by atoms with Crippen molar-refractivity contribution in [3.8, 4) is 0 Å². The zero-order valence-electron chi connectivity index (χ0n) is 9.83. The summed E-state index contributed by atoms with van der Waals surface area (Å²) in [7, 11) is 0. The number of ether oxygens (including phenoxy) is 1. The number of H-pyrrole nitrogens is 1. The van der Waals surface area contributed by atoms with E-state index in [9.17, 15) is 0 Å². The molecular formula is C11H14N6O. The Morgan fingerprint density at radius 2 is 2.06 bits per heavy atom. The Morgan fingerprint density at radius 3 is 2.83 bits per heavy atom. The number of anilines is 2. The van der Waals surface area contributed by atoms with Crippen LogP contribution in [0.3, 0.4) is 0 Å². The highest BCUT2D eigenvalue weighted by Gasteiger charge is 2.35. The maximum atomic E-state index is 5.83. The van der Waals surface area contributed by atoms with Gasteiger partial charge in [-0.3, -0.25) is 0 Å². The number of fused-ring (bicyclic) bond motifs is 3. The van der Waals surface area contributed by atoms with E-state index < -0.39 is 0 Å². The topological polar surface area (TPSA) is 92.9 Å². The molecule has 18 heavy (non-hydrogen) atoms. The lowest BCUT2D eigenvalue weighted by molar-refractivity contribution is 0.0303. The first-order chi connectivity index (χ1) is 8.79. The Morgan fingerprint density at radius 1 is 1.28 bits per heavy atom. The number of nitrogen functional groups attached to an aromatic ring is 1. The van der Waals surface area contributed by atoms with Crippen LogP contribution in [0.2, 0.25) is 0 Å². The second-order valence-corrected chi connectivity index (χ2v) is 4.87. The summed E-state index contributed by atoms with van der Waals surface area (Å²) < 4.78 is 5.83. The minimum Gasteiger partial charge on any atom is -0.371 e. The maximum absolute atomic E-state index is 5.83. The number of hydrogen-bond donors (Lipinski definition) is 2. The summed E-state index contributed by atoms with van der Waals surface area (Å²) in [5.41, 5.74) is 7.22. The van der Waals surface area contributed by atoms with Gasteiger partial charge in [0.2, 0.25) is 5.95 Å². The van der Waals surface area contributed by atoms with E-state index >= 15 is 0 Å². The summed E-state index contributed by atoms with van der Waals surface area (Å²) in [6.45, 7) is 1.72. The smallest absolute Gasteiger partial charge is 0.224 e. The van der Waals surface area contributed by atoms with Gasteiger partial charge in [-0.05, 0) is 12.8 Å². The first-order valence-corrected chi connectivity index (χ1v) is 6.16. The fraction of sp³-hybridized carbons (Fsp3) is 0.545. The highest BCUT2D eigenvalue weighted by molar-refractivity contribution is 5.84. The van der Waals surface area contributed by atoms with Gasteiger partial charge in [0.05, 0.1) is 18.5 Å². The Balaban J connectivity index is 1.79. The van der Waals surface area contributed by atoms with Crippen LogP contribution in [0, 0.1) is 0 Å². The molecule has 0 saturated carbocycles. The van der Waals surface area contributed by atoms with Gasteiger partial charge in [0.1, 0.15) is 5.52 Å². The molecule has 2 aliphatic heterocycles. The van der Waals surface area contributed by atoms with Gasteiger partial charge in [0.25, 0.3) is 0 Å². The molecule has 7 nitrogen and oxygen atoms in total. The van der Waals surface area contributed by atoms with Gasteiger partial charge in [-0.1, -0.05) is 0 Å². The first kappa shape index (κ1) is 10.1. The normalized spacial score (nSPS) is 27.0. The summed E-state index contributed by atoms with van der Waals surface area (Å²) in [6, 6.07) is 0. The number of aromatic nitrogens is 4. The first-order valence-electron chi connectivity index (χ1n) is 6.16. The van der Waals surface area contributed by atoms with Gasteiger partial charge in [0, 0.05) is 13.1 Å². The Bertz CT molecular complexity index is 584. The minimum absolute atomic E-state index is 0.267. The van der Waals surface area contributed by atoms with Crippen molar-refractivity contribution in [3.63, 3.8) is 0 Å². The average Bonchev–Trinajstić information content (AvgIpc) is 2.94. The molecule has 4 rings (SSSR count). The summed E-state index contributed by atoms with van der Waals surface area (Å²) >= 11 is 0. The molecule has 2 saturated heterocycles. The van der Waals surface area contributed by atoms with E-state index in [-0.39, 0.29) is 5.95 Å². The second kappa shape index (κ2) is 3.55. The van der Waals surface area contributed by atoms with Crippen LogP contribution in [-0.4, -0.2) is 45.2 Å². The molecule has 2 bridgehead atoms. The van der Waals surface area contributed by atoms with Crippen molar-refractivity contribution in [3.05, 3.63) is 6.33 Å². The maximum Gasteiger partial charge on any atom is 0.224 e. The predicted molar refractivity (Wildman–Crippen MR) is 66.2 cm³/mol. The monoisotopic (exact) mass is 246 g/mol. The molecule has 0 aromatic carbocycles. The summed E-state index contributed by atoms with van der Waals surface area (Å²) in [5.74, 6) is 1.11. The lowest BCUT2D eigenvalue weighted by Crippen LogP contribution is -2.43.